The molecule has 0 heterocycles. The van der Waals surface area contributed by atoms with Crippen LogP contribution in [0, 0.1) is 0 Å². The van der Waals surface area contributed by atoms with Gasteiger partial charge < -0.3 is 28.8 Å². The Labute approximate surface area is 148 Å². The van der Waals surface area contributed by atoms with Gasteiger partial charge in [-0.25, -0.2) is 0 Å². The molecule has 1 rings (SSSR count). The number of unbranched alkanes of at least 4 members (excludes halogenated alkanes) is 5. The molecular weight excluding hydrogens is 334 g/mol. The molecule has 0 spiro atoms. The van der Waals surface area contributed by atoms with Gasteiger partial charge in [-0.05, 0) is 25.0 Å². The molecule has 0 aliphatic heterocycles. The van der Waals surface area contributed by atoms with E-state index in [0.29, 0.717) is 0 Å². The minimum absolute atomic E-state index is 0. The Kier molecular flexibility index (Phi) is 15.7. The van der Waals surface area contributed by atoms with Gasteiger partial charge in [0.15, 0.2) is 0 Å². The van der Waals surface area contributed by atoms with E-state index in [1.165, 1.54) is 37.8 Å². The Hall–Kier alpha value is -0.828. The topological polar surface area (TPSA) is 113 Å². The second kappa shape index (κ2) is 14.7. The zero-order valence-electron chi connectivity index (χ0n) is 13.3. The van der Waals surface area contributed by atoms with Crippen LogP contribution in [0.4, 0.5) is 0 Å². The third-order valence-electron chi connectivity index (χ3n) is 2.69. The van der Waals surface area contributed by atoms with Gasteiger partial charge in [-0.15, -0.1) is 0 Å². The predicted molar refractivity (Wildman–Crippen MR) is 83.4 cm³/mol. The van der Waals surface area contributed by atoms with Crippen molar-refractivity contribution in [1.29, 1.82) is 0 Å². The first-order valence-corrected chi connectivity index (χ1v) is 8.77. The summed E-state index contributed by atoms with van der Waals surface area (Å²) in [7, 11) is -4.89. The van der Waals surface area contributed by atoms with Gasteiger partial charge in [-0.3, -0.25) is 0 Å². The quantitative estimate of drug-likeness (QED) is 0.371. The zero-order chi connectivity index (χ0) is 16.8. The van der Waals surface area contributed by atoms with Gasteiger partial charge in [0.1, 0.15) is 13.6 Å². The van der Waals surface area contributed by atoms with Crippen molar-refractivity contribution >= 4 is 31.2 Å². The van der Waals surface area contributed by atoms with Gasteiger partial charge in [-0.1, -0.05) is 57.2 Å². The van der Waals surface area contributed by atoms with Crippen molar-refractivity contribution in [3.8, 4) is 5.75 Å². The second-order valence-corrected chi connectivity index (χ2v) is 5.82. The molecular formula is C15H22AlO6P. The maximum Gasteiger partial charge on any atom is 3.00 e. The number of phosphoric ester groups is 1. The summed E-state index contributed by atoms with van der Waals surface area (Å²) in [6.07, 6.45) is 6.96. The standard InChI is InChI=1S/C9H18O2.C6H7O4P.Al/c1-2-3-4-5-6-7-8-9(10)11;7-11(8,9)10-6-4-2-1-3-5-6;/h2-8H2,1H3,(H,10,11);1-5H,(H2,7,8,9);/q;;+3/p-3. The number of carbonyl (C=O) groups is 1. The summed E-state index contributed by atoms with van der Waals surface area (Å²) in [6, 6.07) is 7.62. The summed E-state index contributed by atoms with van der Waals surface area (Å²) < 4.78 is 14.1. The van der Waals surface area contributed by atoms with E-state index >= 15 is 0 Å². The SMILES string of the molecule is CCCCCCCCC(=O)[O-].O=P([O-])([O-])Oc1ccccc1.[Al+3]. The number of carboxylic acid groups (broad SMARTS) is 1. The van der Waals surface area contributed by atoms with Crippen molar-refractivity contribution in [3.63, 3.8) is 0 Å². The predicted octanol–water partition coefficient (Wildman–Crippen LogP) is 1.00. The number of aliphatic carboxylic acids is 1. The molecule has 0 fully saturated rings. The van der Waals surface area contributed by atoms with Crippen molar-refractivity contribution in [3.05, 3.63) is 30.3 Å². The van der Waals surface area contributed by atoms with E-state index in [4.69, 9.17) is 0 Å². The third-order valence-corrected chi connectivity index (χ3v) is 3.13. The van der Waals surface area contributed by atoms with E-state index in [1.807, 2.05) is 0 Å². The van der Waals surface area contributed by atoms with Crippen molar-refractivity contribution < 1.29 is 28.8 Å². The molecule has 0 aromatic heterocycles. The van der Waals surface area contributed by atoms with E-state index in [2.05, 4.69) is 11.4 Å². The molecule has 1 aromatic carbocycles. The number of rotatable bonds is 9. The molecule has 126 valence electrons. The monoisotopic (exact) mass is 356 g/mol. The summed E-state index contributed by atoms with van der Waals surface area (Å²) in [6.45, 7) is 2.17. The van der Waals surface area contributed by atoms with Crippen LogP contribution in [0.25, 0.3) is 0 Å². The van der Waals surface area contributed by atoms with Crippen molar-refractivity contribution in [1.82, 2.24) is 0 Å². The van der Waals surface area contributed by atoms with E-state index in [9.17, 15) is 24.3 Å². The van der Waals surface area contributed by atoms with Gasteiger partial charge in [0.2, 0.25) is 0 Å². The maximum atomic E-state index is 10.1. The maximum absolute atomic E-state index is 10.1. The number of hydrogen-bond donors (Lipinski definition) is 0. The molecule has 0 N–H and O–H groups in total. The van der Waals surface area contributed by atoms with Crippen molar-refractivity contribution in [2.75, 3.05) is 0 Å². The van der Waals surface area contributed by atoms with Crippen LogP contribution in [0.3, 0.4) is 0 Å². The van der Waals surface area contributed by atoms with Crippen LogP contribution in [0.2, 0.25) is 0 Å². The van der Waals surface area contributed by atoms with Gasteiger partial charge in [0.05, 0.1) is 0 Å². The second-order valence-electron chi connectivity index (χ2n) is 4.74. The van der Waals surface area contributed by atoms with Crippen LogP contribution in [0.15, 0.2) is 30.3 Å². The molecule has 1 aromatic rings. The fourth-order valence-electron chi connectivity index (χ4n) is 1.66. The van der Waals surface area contributed by atoms with Gasteiger partial charge in [-0.2, -0.15) is 0 Å². The molecule has 0 amide bonds. The van der Waals surface area contributed by atoms with Crippen LogP contribution in [-0.4, -0.2) is 23.3 Å². The zero-order valence-corrected chi connectivity index (χ0v) is 15.4. The van der Waals surface area contributed by atoms with Gasteiger partial charge in [0, 0.05) is 5.97 Å². The Morgan fingerprint density at radius 2 is 1.57 bits per heavy atom. The third kappa shape index (κ3) is 19.1. The number of para-hydroxylation sites is 1. The Morgan fingerprint density at radius 3 is 2.04 bits per heavy atom. The Morgan fingerprint density at radius 1 is 1.04 bits per heavy atom. The van der Waals surface area contributed by atoms with Crippen LogP contribution >= 0.6 is 7.82 Å². The summed E-state index contributed by atoms with van der Waals surface area (Å²) in [4.78, 5) is 30.1. The molecule has 0 unspecified atom stereocenters. The minimum Gasteiger partial charge on any atom is -0.780 e. The molecule has 0 aliphatic rings. The van der Waals surface area contributed by atoms with Gasteiger partial charge in [0.25, 0.3) is 0 Å². The number of carboxylic acids is 1. The van der Waals surface area contributed by atoms with Gasteiger partial charge >= 0.3 is 17.4 Å². The molecule has 0 bridgehead atoms. The number of carbonyl (C=O) groups excluding carboxylic acids is 1. The average molecular weight is 356 g/mol. The normalized spacial score (nSPS) is 10.0. The molecule has 6 nitrogen and oxygen atoms in total. The first kappa shape index (κ1) is 24.4. The molecule has 0 aliphatic carbocycles. The molecule has 0 radical (unpaired) electrons. The number of benzene rings is 1. The average Bonchev–Trinajstić information content (AvgIpc) is 2.42. The number of hydrogen-bond acceptors (Lipinski definition) is 6. The molecule has 23 heavy (non-hydrogen) atoms. The first-order valence-electron chi connectivity index (χ1n) is 7.31. The van der Waals surface area contributed by atoms with E-state index in [1.54, 1.807) is 18.2 Å². The largest absolute Gasteiger partial charge is 3.00 e. The van der Waals surface area contributed by atoms with Crippen LogP contribution in [0.1, 0.15) is 51.9 Å². The fourth-order valence-corrected chi connectivity index (χ4v) is 2.04. The van der Waals surface area contributed by atoms with Crippen molar-refractivity contribution in [2.24, 2.45) is 0 Å². The van der Waals surface area contributed by atoms with E-state index in [0.717, 1.165) is 12.8 Å². The van der Waals surface area contributed by atoms with Crippen LogP contribution in [0.5, 0.6) is 5.75 Å². The fraction of sp³-hybridized carbons (Fsp3) is 0.533. The first-order chi connectivity index (χ1) is 10.3. The summed E-state index contributed by atoms with van der Waals surface area (Å²) in [5.74, 6) is -0.874. The van der Waals surface area contributed by atoms with E-state index in [-0.39, 0.29) is 29.5 Å². The summed E-state index contributed by atoms with van der Waals surface area (Å²) in [5.41, 5.74) is 0. The smallest absolute Gasteiger partial charge is 0.780 e. The summed E-state index contributed by atoms with van der Waals surface area (Å²) >= 11 is 0. The Balaban J connectivity index is 0. The minimum atomic E-state index is -4.89. The molecule has 0 atom stereocenters. The molecule has 0 saturated heterocycles. The Bertz CT molecular complexity index is 449. The molecule has 8 heteroatoms. The number of phosphoric acid groups is 1. The van der Waals surface area contributed by atoms with Crippen LogP contribution in [-0.2, 0) is 9.36 Å². The van der Waals surface area contributed by atoms with E-state index < -0.39 is 13.8 Å². The van der Waals surface area contributed by atoms with Crippen molar-refractivity contribution in [2.45, 2.75) is 51.9 Å². The van der Waals surface area contributed by atoms with Crippen LogP contribution < -0.4 is 19.4 Å². The molecule has 0 saturated carbocycles. The summed E-state index contributed by atoms with van der Waals surface area (Å²) in [5, 5.41) is 9.98.